The third-order valence-electron chi connectivity index (χ3n) is 3.79. The fourth-order valence-corrected chi connectivity index (χ4v) is 2.57. The van der Waals surface area contributed by atoms with Crippen LogP contribution in [0.15, 0.2) is 36.8 Å². The Bertz CT molecular complexity index is 711. The number of benzene rings is 1. The Kier molecular flexibility index (Phi) is 3.62. The van der Waals surface area contributed by atoms with Gasteiger partial charge < -0.3 is 10.0 Å². The van der Waals surface area contributed by atoms with Crippen LogP contribution < -0.4 is 0 Å². The second kappa shape index (κ2) is 5.59. The molecule has 6 nitrogen and oxygen atoms in total. The van der Waals surface area contributed by atoms with Crippen LogP contribution >= 0.6 is 0 Å². The number of hydrogen-bond donors (Lipinski definition) is 1. The number of carbonyl (C=O) groups is 2. The first-order valence-corrected chi connectivity index (χ1v) is 6.86. The monoisotopic (exact) mass is 303 g/mol. The maximum atomic E-state index is 13.0. The standard InChI is InChI=1S/C15H14FN3O3/c16-11-1-3-12(4-2-11)19-9-17-7-13(19)14(20)18-6-5-10(8-18)15(21)22/h1-4,7,9-10H,5-6,8H2,(H,21,22)/t10-/m1/s1. The molecule has 1 atom stereocenters. The van der Waals surface area contributed by atoms with Crippen LogP contribution in [0.2, 0.25) is 0 Å². The molecular weight excluding hydrogens is 289 g/mol. The molecule has 2 heterocycles. The van der Waals surface area contributed by atoms with Crippen molar-refractivity contribution in [2.24, 2.45) is 5.92 Å². The first-order chi connectivity index (χ1) is 10.6. The number of aliphatic carboxylic acids is 1. The van der Waals surface area contributed by atoms with Crippen molar-refractivity contribution in [3.8, 4) is 5.69 Å². The summed E-state index contributed by atoms with van der Waals surface area (Å²) in [6.45, 7) is 0.604. The molecule has 1 fully saturated rings. The highest BCUT2D eigenvalue weighted by Crippen LogP contribution is 2.20. The van der Waals surface area contributed by atoms with Crippen molar-refractivity contribution >= 4 is 11.9 Å². The van der Waals surface area contributed by atoms with Gasteiger partial charge in [0.2, 0.25) is 0 Å². The van der Waals surface area contributed by atoms with Gasteiger partial charge in [-0.2, -0.15) is 0 Å². The van der Waals surface area contributed by atoms with E-state index in [2.05, 4.69) is 4.98 Å². The fourth-order valence-electron chi connectivity index (χ4n) is 2.57. The van der Waals surface area contributed by atoms with Crippen molar-refractivity contribution in [2.45, 2.75) is 6.42 Å². The number of aromatic nitrogens is 2. The van der Waals surface area contributed by atoms with E-state index in [9.17, 15) is 14.0 Å². The minimum absolute atomic E-state index is 0.197. The lowest BCUT2D eigenvalue weighted by Crippen LogP contribution is -2.31. The first-order valence-electron chi connectivity index (χ1n) is 6.86. The Morgan fingerprint density at radius 2 is 2.00 bits per heavy atom. The van der Waals surface area contributed by atoms with Gasteiger partial charge in [-0.1, -0.05) is 0 Å². The predicted octanol–water partition coefficient (Wildman–Crippen LogP) is 1.56. The van der Waals surface area contributed by atoms with E-state index >= 15 is 0 Å². The fraction of sp³-hybridized carbons (Fsp3) is 0.267. The number of amides is 1. The topological polar surface area (TPSA) is 75.4 Å². The van der Waals surface area contributed by atoms with Crippen LogP contribution in [0, 0.1) is 11.7 Å². The molecule has 0 bridgehead atoms. The third kappa shape index (κ3) is 2.57. The molecule has 1 saturated heterocycles. The minimum atomic E-state index is -0.887. The highest BCUT2D eigenvalue weighted by Gasteiger charge is 2.32. The lowest BCUT2D eigenvalue weighted by atomic mass is 10.1. The molecule has 0 radical (unpaired) electrons. The summed E-state index contributed by atoms with van der Waals surface area (Å²) in [7, 11) is 0. The van der Waals surface area contributed by atoms with Gasteiger partial charge in [0.15, 0.2) is 0 Å². The molecule has 1 aliphatic heterocycles. The molecule has 0 unspecified atom stereocenters. The van der Waals surface area contributed by atoms with Crippen molar-refractivity contribution in [3.63, 3.8) is 0 Å². The maximum absolute atomic E-state index is 13.0. The van der Waals surface area contributed by atoms with Gasteiger partial charge in [-0.3, -0.25) is 14.2 Å². The Labute approximate surface area is 125 Å². The molecule has 3 rings (SSSR count). The number of nitrogens with zero attached hydrogens (tertiary/aromatic N) is 3. The molecule has 22 heavy (non-hydrogen) atoms. The molecule has 1 aromatic carbocycles. The smallest absolute Gasteiger partial charge is 0.308 e. The minimum Gasteiger partial charge on any atom is -0.481 e. The number of hydrogen-bond acceptors (Lipinski definition) is 3. The number of imidazole rings is 1. The number of likely N-dealkylation sites (tertiary alicyclic amines) is 1. The van der Waals surface area contributed by atoms with Gasteiger partial charge in [0.05, 0.1) is 18.4 Å². The van der Waals surface area contributed by atoms with Crippen LogP contribution in [-0.4, -0.2) is 44.5 Å². The van der Waals surface area contributed by atoms with Gasteiger partial charge in [0.25, 0.3) is 5.91 Å². The molecule has 2 aromatic rings. The molecule has 1 N–H and O–H groups in total. The van der Waals surface area contributed by atoms with Crippen molar-refractivity contribution < 1.29 is 19.1 Å². The highest BCUT2D eigenvalue weighted by molar-refractivity contribution is 5.93. The van der Waals surface area contributed by atoms with E-state index in [1.807, 2.05) is 0 Å². The van der Waals surface area contributed by atoms with Crippen molar-refractivity contribution in [3.05, 3.63) is 48.3 Å². The van der Waals surface area contributed by atoms with Gasteiger partial charge in [0, 0.05) is 18.8 Å². The highest BCUT2D eigenvalue weighted by atomic mass is 19.1. The third-order valence-corrected chi connectivity index (χ3v) is 3.79. The van der Waals surface area contributed by atoms with Crippen LogP contribution in [0.3, 0.4) is 0 Å². The summed E-state index contributed by atoms with van der Waals surface area (Å²) in [5.41, 5.74) is 0.953. The van der Waals surface area contributed by atoms with Crippen molar-refractivity contribution in [1.29, 1.82) is 0 Å². The molecule has 0 aliphatic carbocycles. The average molecular weight is 303 g/mol. The molecule has 1 aromatic heterocycles. The Morgan fingerprint density at radius 3 is 2.64 bits per heavy atom. The maximum Gasteiger partial charge on any atom is 0.308 e. The summed E-state index contributed by atoms with van der Waals surface area (Å²) in [6, 6.07) is 5.72. The molecule has 0 spiro atoms. The SMILES string of the molecule is O=C(O)[C@@H]1CCN(C(=O)c2cncn2-c2ccc(F)cc2)C1. The second-order valence-electron chi connectivity index (χ2n) is 5.20. The quantitative estimate of drug-likeness (QED) is 0.933. The largest absolute Gasteiger partial charge is 0.481 e. The van der Waals surface area contributed by atoms with Gasteiger partial charge in [0.1, 0.15) is 11.5 Å². The second-order valence-corrected chi connectivity index (χ2v) is 5.20. The van der Waals surface area contributed by atoms with E-state index < -0.39 is 11.9 Å². The first kappa shape index (κ1) is 14.2. The summed E-state index contributed by atoms with van der Waals surface area (Å²) >= 11 is 0. The molecular formula is C15H14FN3O3. The summed E-state index contributed by atoms with van der Waals surface area (Å²) < 4.78 is 14.6. The van der Waals surface area contributed by atoms with Crippen molar-refractivity contribution in [2.75, 3.05) is 13.1 Å². The van der Waals surface area contributed by atoms with E-state index in [1.165, 1.54) is 29.6 Å². The van der Waals surface area contributed by atoms with Crippen LogP contribution in [0.25, 0.3) is 5.69 Å². The number of halogens is 1. The zero-order chi connectivity index (χ0) is 15.7. The van der Waals surface area contributed by atoms with E-state index in [0.717, 1.165) is 0 Å². The van der Waals surface area contributed by atoms with Crippen LogP contribution in [0.5, 0.6) is 0 Å². The molecule has 1 amide bonds. The number of carboxylic acid groups (broad SMARTS) is 1. The van der Waals surface area contributed by atoms with Gasteiger partial charge in [-0.05, 0) is 30.7 Å². The number of carboxylic acids is 1. The zero-order valence-electron chi connectivity index (χ0n) is 11.6. The summed E-state index contributed by atoms with van der Waals surface area (Å²) in [5.74, 6) is -2.04. The van der Waals surface area contributed by atoms with Crippen LogP contribution in [-0.2, 0) is 4.79 Å². The lowest BCUT2D eigenvalue weighted by Gasteiger charge is -2.16. The summed E-state index contributed by atoms with van der Waals surface area (Å²) in [4.78, 5) is 29.0. The van der Waals surface area contributed by atoms with E-state index in [-0.39, 0.29) is 18.3 Å². The average Bonchev–Trinajstić information content (AvgIpc) is 3.17. The van der Waals surface area contributed by atoms with E-state index in [4.69, 9.17) is 5.11 Å². The Balaban J connectivity index is 1.84. The Hall–Kier alpha value is -2.70. The van der Waals surface area contributed by atoms with Gasteiger partial charge in [-0.25, -0.2) is 9.37 Å². The van der Waals surface area contributed by atoms with Crippen LogP contribution in [0.4, 0.5) is 4.39 Å². The summed E-state index contributed by atoms with van der Waals surface area (Å²) in [6.07, 6.45) is 3.36. The predicted molar refractivity (Wildman–Crippen MR) is 75.2 cm³/mol. The number of rotatable bonds is 3. The Morgan fingerprint density at radius 1 is 1.27 bits per heavy atom. The zero-order valence-corrected chi connectivity index (χ0v) is 11.6. The van der Waals surface area contributed by atoms with Crippen LogP contribution in [0.1, 0.15) is 16.9 Å². The van der Waals surface area contributed by atoms with Crippen molar-refractivity contribution in [1.82, 2.24) is 14.5 Å². The van der Waals surface area contributed by atoms with E-state index in [0.29, 0.717) is 24.3 Å². The lowest BCUT2D eigenvalue weighted by molar-refractivity contribution is -0.141. The van der Waals surface area contributed by atoms with Gasteiger partial charge in [-0.15, -0.1) is 0 Å². The molecule has 114 valence electrons. The van der Waals surface area contributed by atoms with Gasteiger partial charge >= 0.3 is 5.97 Å². The molecule has 7 heteroatoms. The summed E-state index contributed by atoms with van der Waals surface area (Å²) in [5, 5.41) is 9.01. The molecule has 0 saturated carbocycles. The van der Waals surface area contributed by atoms with E-state index in [1.54, 1.807) is 16.7 Å². The normalized spacial score (nSPS) is 17.7. The molecule has 1 aliphatic rings. The number of carbonyl (C=O) groups excluding carboxylic acids is 1.